The lowest BCUT2D eigenvalue weighted by Gasteiger charge is -2.09. The molecule has 0 saturated carbocycles. The second kappa shape index (κ2) is 8.91. The minimum atomic E-state index is -0.218. The highest BCUT2D eigenvalue weighted by Gasteiger charge is 2.08. The van der Waals surface area contributed by atoms with Gasteiger partial charge in [-0.3, -0.25) is 9.59 Å². The molecule has 2 aromatic carbocycles. The summed E-state index contributed by atoms with van der Waals surface area (Å²) < 4.78 is 5.17. The van der Waals surface area contributed by atoms with Gasteiger partial charge in [0.25, 0.3) is 5.91 Å². The van der Waals surface area contributed by atoms with Crippen molar-refractivity contribution in [3.05, 3.63) is 83.3 Å². The van der Waals surface area contributed by atoms with Crippen molar-refractivity contribution >= 4 is 34.8 Å². The van der Waals surface area contributed by atoms with Gasteiger partial charge in [-0.05, 0) is 48.5 Å². The Morgan fingerprint density at radius 2 is 1.74 bits per heavy atom. The summed E-state index contributed by atoms with van der Waals surface area (Å²) in [5, 5.41) is 9.05. The molecule has 0 aliphatic heterocycles. The first kappa shape index (κ1) is 18.5. The van der Waals surface area contributed by atoms with E-state index in [1.165, 1.54) is 0 Å². The summed E-state index contributed by atoms with van der Waals surface area (Å²) in [7, 11) is 0. The summed E-state index contributed by atoms with van der Waals surface area (Å²) in [5.74, 6) is 0.243. The Morgan fingerprint density at radius 1 is 0.963 bits per heavy atom. The predicted molar refractivity (Wildman–Crippen MR) is 105 cm³/mol. The molecule has 3 aromatic rings. The molecule has 0 fully saturated rings. The van der Waals surface area contributed by atoms with Gasteiger partial charge in [-0.25, -0.2) is 0 Å². The number of halogens is 1. The zero-order valence-electron chi connectivity index (χ0n) is 14.4. The van der Waals surface area contributed by atoms with Crippen LogP contribution in [0.15, 0.2) is 71.3 Å². The molecule has 138 valence electrons. The zero-order chi connectivity index (χ0) is 19.1. The van der Waals surface area contributed by atoms with Gasteiger partial charge < -0.3 is 20.4 Å². The van der Waals surface area contributed by atoms with Crippen molar-refractivity contribution in [2.45, 2.75) is 6.54 Å². The summed E-state index contributed by atoms with van der Waals surface area (Å²) in [6, 6.07) is 17.4. The van der Waals surface area contributed by atoms with Crippen LogP contribution in [0.25, 0.3) is 0 Å². The van der Waals surface area contributed by atoms with E-state index in [1.54, 1.807) is 54.8 Å². The van der Waals surface area contributed by atoms with Gasteiger partial charge in [-0.15, -0.1) is 0 Å². The van der Waals surface area contributed by atoms with E-state index in [4.69, 9.17) is 16.0 Å². The molecule has 6 nitrogen and oxygen atoms in total. The Kier molecular flexibility index (Phi) is 6.12. The van der Waals surface area contributed by atoms with Gasteiger partial charge in [0.1, 0.15) is 5.76 Å². The summed E-state index contributed by atoms with van der Waals surface area (Å²) in [4.78, 5) is 24.1. The monoisotopic (exact) mass is 383 g/mol. The fraction of sp³-hybridized carbons (Fsp3) is 0.100. The maximum absolute atomic E-state index is 12.1. The third-order valence-corrected chi connectivity index (χ3v) is 4.08. The third-order valence-electron chi connectivity index (χ3n) is 3.75. The Bertz CT molecular complexity index is 908. The molecule has 2 amide bonds. The minimum absolute atomic E-state index is 0.0785. The lowest BCUT2D eigenvalue weighted by atomic mass is 10.2. The molecule has 0 atom stereocenters. The number of carbonyl (C=O) groups excluding carboxylic acids is 2. The van der Waals surface area contributed by atoms with Gasteiger partial charge >= 0.3 is 0 Å². The first-order valence-corrected chi connectivity index (χ1v) is 8.68. The number of hydrogen-bond acceptors (Lipinski definition) is 4. The topological polar surface area (TPSA) is 83.4 Å². The Hall–Kier alpha value is -3.25. The van der Waals surface area contributed by atoms with Crippen LogP contribution in [-0.2, 0) is 11.3 Å². The van der Waals surface area contributed by atoms with Gasteiger partial charge in [-0.2, -0.15) is 0 Å². The van der Waals surface area contributed by atoms with E-state index < -0.39 is 0 Å². The van der Waals surface area contributed by atoms with Crippen molar-refractivity contribution in [2.75, 3.05) is 17.2 Å². The van der Waals surface area contributed by atoms with E-state index in [1.807, 2.05) is 12.1 Å². The Morgan fingerprint density at radius 3 is 2.44 bits per heavy atom. The molecule has 1 heterocycles. The van der Waals surface area contributed by atoms with E-state index in [2.05, 4.69) is 16.0 Å². The fourth-order valence-electron chi connectivity index (χ4n) is 2.37. The van der Waals surface area contributed by atoms with Crippen molar-refractivity contribution in [2.24, 2.45) is 0 Å². The largest absolute Gasteiger partial charge is 0.467 e. The SMILES string of the molecule is O=C(CNc1ccccc1Cl)Nc1ccc(C(=O)NCc2ccco2)cc1. The van der Waals surface area contributed by atoms with E-state index in [0.29, 0.717) is 34.3 Å². The highest BCUT2D eigenvalue weighted by Crippen LogP contribution is 2.20. The minimum Gasteiger partial charge on any atom is -0.467 e. The van der Waals surface area contributed by atoms with E-state index >= 15 is 0 Å². The van der Waals surface area contributed by atoms with Crippen LogP contribution < -0.4 is 16.0 Å². The van der Waals surface area contributed by atoms with Crippen LogP contribution in [0.3, 0.4) is 0 Å². The average molecular weight is 384 g/mol. The molecule has 7 heteroatoms. The van der Waals surface area contributed by atoms with Gasteiger partial charge in [-0.1, -0.05) is 23.7 Å². The molecule has 0 unspecified atom stereocenters. The molecule has 1 aromatic heterocycles. The molecular formula is C20H18ClN3O3. The van der Waals surface area contributed by atoms with Crippen LogP contribution in [0.4, 0.5) is 11.4 Å². The molecule has 3 rings (SSSR count). The molecule has 0 radical (unpaired) electrons. The zero-order valence-corrected chi connectivity index (χ0v) is 15.1. The van der Waals surface area contributed by atoms with Crippen LogP contribution >= 0.6 is 11.6 Å². The Balaban J connectivity index is 1.48. The van der Waals surface area contributed by atoms with Gasteiger partial charge in [0.15, 0.2) is 0 Å². The molecule has 0 bridgehead atoms. The van der Waals surface area contributed by atoms with Crippen molar-refractivity contribution < 1.29 is 14.0 Å². The third kappa shape index (κ3) is 5.36. The molecule has 0 aliphatic carbocycles. The van der Waals surface area contributed by atoms with Gasteiger partial charge in [0, 0.05) is 11.3 Å². The van der Waals surface area contributed by atoms with E-state index in [9.17, 15) is 9.59 Å². The number of benzene rings is 2. The van der Waals surface area contributed by atoms with Crippen molar-refractivity contribution in [3.8, 4) is 0 Å². The second-order valence-corrected chi connectivity index (χ2v) is 6.13. The maximum atomic E-state index is 12.1. The normalized spacial score (nSPS) is 10.3. The summed E-state index contributed by atoms with van der Waals surface area (Å²) in [5.41, 5.74) is 1.79. The van der Waals surface area contributed by atoms with E-state index in [-0.39, 0.29) is 18.4 Å². The molecule has 3 N–H and O–H groups in total. The highest BCUT2D eigenvalue weighted by molar-refractivity contribution is 6.33. The quantitative estimate of drug-likeness (QED) is 0.577. The molecular weight excluding hydrogens is 366 g/mol. The molecule has 0 aliphatic rings. The molecule has 27 heavy (non-hydrogen) atoms. The van der Waals surface area contributed by atoms with Crippen LogP contribution in [0.2, 0.25) is 5.02 Å². The van der Waals surface area contributed by atoms with Crippen LogP contribution in [0, 0.1) is 0 Å². The number of rotatable bonds is 7. The number of hydrogen-bond donors (Lipinski definition) is 3. The van der Waals surface area contributed by atoms with Crippen molar-refractivity contribution in [1.82, 2.24) is 5.32 Å². The summed E-state index contributed by atoms with van der Waals surface area (Å²) in [6.07, 6.45) is 1.56. The predicted octanol–water partition coefficient (Wildman–Crippen LogP) is 3.91. The van der Waals surface area contributed by atoms with Crippen LogP contribution in [0.5, 0.6) is 0 Å². The molecule has 0 spiro atoms. The van der Waals surface area contributed by atoms with Crippen LogP contribution in [0.1, 0.15) is 16.1 Å². The summed E-state index contributed by atoms with van der Waals surface area (Å²) in [6.45, 7) is 0.396. The van der Waals surface area contributed by atoms with E-state index in [0.717, 1.165) is 0 Å². The summed E-state index contributed by atoms with van der Waals surface area (Å²) >= 11 is 6.04. The number of amides is 2. The fourth-order valence-corrected chi connectivity index (χ4v) is 2.58. The van der Waals surface area contributed by atoms with Gasteiger partial charge in [0.05, 0.1) is 30.1 Å². The van der Waals surface area contributed by atoms with Crippen molar-refractivity contribution in [1.29, 1.82) is 0 Å². The second-order valence-electron chi connectivity index (χ2n) is 5.72. The Labute approximate surface area is 161 Å². The first-order chi connectivity index (χ1) is 13.1. The average Bonchev–Trinajstić information content (AvgIpc) is 3.20. The number of para-hydroxylation sites is 1. The molecule has 0 saturated heterocycles. The van der Waals surface area contributed by atoms with Gasteiger partial charge in [0.2, 0.25) is 5.91 Å². The van der Waals surface area contributed by atoms with Crippen LogP contribution in [-0.4, -0.2) is 18.4 Å². The smallest absolute Gasteiger partial charge is 0.251 e. The number of anilines is 2. The van der Waals surface area contributed by atoms with Crippen molar-refractivity contribution in [3.63, 3.8) is 0 Å². The lowest BCUT2D eigenvalue weighted by molar-refractivity contribution is -0.114. The number of carbonyl (C=O) groups is 2. The first-order valence-electron chi connectivity index (χ1n) is 8.31. The standard InChI is InChI=1S/C20H18ClN3O3/c21-17-5-1-2-6-18(17)22-13-19(25)24-15-9-7-14(8-10-15)20(26)23-12-16-4-3-11-27-16/h1-11,22H,12-13H2,(H,23,26)(H,24,25). The lowest BCUT2D eigenvalue weighted by Crippen LogP contribution is -2.23. The highest BCUT2D eigenvalue weighted by atomic mass is 35.5. The number of nitrogens with one attached hydrogen (secondary N) is 3. The maximum Gasteiger partial charge on any atom is 0.251 e. The number of furan rings is 1.